The highest BCUT2D eigenvalue weighted by Crippen LogP contribution is 2.20. The Kier molecular flexibility index (Phi) is 4.59. The summed E-state index contributed by atoms with van der Waals surface area (Å²) in [6, 6.07) is -0.254. The first-order valence-corrected chi connectivity index (χ1v) is 6.85. The number of hydrogen-bond acceptors (Lipinski definition) is 4. The number of carbonyl (C=O) groups is 1. The third-order valence-corrected chi connectivity index (χ3v) is 3.99. The van der Waals surface area contributed by atoms with Gasteiger partial charge >= 0.3 is 0 Å². The average Bonchev–Trinajstić information content (AvgIpc) is 2.64. The quantitative estimate of drug-likeness (QED) is 0.745. The van der Waals surface area contributed by atoms with Gasteiger partial charge in [0, 0.05) is 13.5 Å². The van der Waals surface area contributed by atoms with Crippen LogP contribution in [0.1, 0.15) is 26.7 Å². The number of nitrogens with one attached hydrogen (secondary N) is 1. The molecule has 5 heteroatoms. The number of hydrogen-bond donors (Lipinski definition) is 2. The van der Waals surface area contributed by atoms with Crippen LogP contribution in [0.5, 0.6) is 0 Å². The van der Waals surface area contributed by atoms with E-state index >= 15 is 0 Å². The Morgan fingerprint density at radius 2 is 2.11 bits per heavy atom. The van der Waals surface area contributed by atoms with E-state index in [0.29, 0.717) is 6.61 Å². The molecule has 104 valence electrons. The maximum Gasteiger partial charge on any atom is 0.217 e. The molecule has 0 radical (unpaired) electrons. The maximum absolute atomic E-state index is 11.0. The van der Waals surface area contributed by atoms with E-state index in [1.807, 2.05) is 0 Å². The van der Waals surface area contributed by atoms with Crippen LogP contribution in [0.25, 0.3) is 0 Å². The minimum Gasteiger partial charge on any atom is -0.388 e. The Morgan fingerprint density at radius 1 is 1.44 bits per heavy atom. The monoisotopic (exact) mass is 256 g/mol. The second-order valence-electron chi connectivity index (χ2n) is 5.65. The summed E-state index contributed by atoms with van der Waals surface area (Å²) >= 11 is 0. The third kappa shape index (κ3) is 3.43. The van der Waals surface area contributed by atoms with Crippen LogP contribution in [0.2, 0.25) is 0 Å². The minimum absolute atomic E-state index is 0.116. The molecule has 0 unspecified atom stereocenters. The van der Waals surface area contributed by atoms with Crippen molar-refractivity contribution in [1.82, 2.24) is 10.2 Å². The lowest BCUT2D eigenvalue weighted by atomic mass is 9.98. The maximum atomic E-state index is 11.0. The molecule has 2 aliphatic rings. The summed E-state index contributed by atoms with van der Waals surface area (Å²) in [7, 11) is 0. The number of carbonyl (C=O) groups excluding carboxylic acids is 1. The molecule has 0 aromatic heterocycles. The molecule has 2 saturated heterocycles. The van der Waals surface area contributed by atoms with E-state index in [9.17, 15) is 9.90 Å². The Labute approximate surface area is 108 Å². The SMILES string of the molecule is CC(=O)N[C@H]1CO[C@@H](CN2CCC(C)CC2)[C@@H]1O. The smallest absolute Gasteiger partial charge is 0.217 e. The van der Waals surface area contributed by atoms with Gasteiger partial charge < -0.3 is 20.1 Å². The van der Waals surface area contributed by atoms with Crippen LogP contribution in [0.3, 0.4) is 0 Å². The van der Waals surface area contributed by atoms with Gasteiger partial charge in [-0.3, -0.25) is 4.79 Å². The summed E-state index contributed by atoms with van der Waals surface area (Å²) in [6.45, 7) is 7.09. The number of ether oxygens (including phenoxy) is 1. The molecule has 2 heterocycles. The topological polar surface area (TPSA) is 61.8 Å². The molecule has 3 atom stereocenters. The van der Waals surface area contributed by atoms with Gasteiger partial charge in [-0.25, -0.2) is 0 Å². The fourth-order valence-electron chi connectivity index (χ4n) is 2.73. The Bertz CT molecular complexity index is 290. The highest BCUT2D eigenvalue weighted by molar-refractivity contribution is 5.73. The van der Waals surface area contributed by atoms with Crippen LogP contribution in [-0.2, 0) is 9.53 Å². The number of aliphatic hydroxyl groups is 1. The normalized spacial score (nSPS) is 34.7. The Balaban J connectivity index is 1.78. The van der Waals surface area contributed by atoms with Gasteiger partial charge in [0.1, 0.15) is 6.10 Å². The molecule has 2 aliphatic heterocycles. The van der Waals surface area contributed by atoms with Crippen molar-refractivity contribution < 1.29 is 14.6 Å². The van der Waals surface area contributed by atoms with E-state index in [1.54, 1.807) is 0 Å². The number of likely N-dealkylation sites (tertiary alicyclic amines) is 1. The van der Waals surface area contributed by atoms with E-state index in [-0.39, 0.29) is 18.1 Å². The largest absolute Gasteiger partial charge is 0.388 e. The molecule has 2 fully saturated rings. The number of piperidine rings is 1. The summed E-state index contributed by atoms with van der Waals surface area (Å²) in [6.07, 6.45) is 1.68. The molecule has 2 rings (SSSR count). The number of rotatable bonds is 3. The summed E-state index contributed by atoms with van der Waals surface area (Å²) in [5.74, 6) is 0.692. The molecule has 0 spiro atoms. The van der Waals surface area contributed by atoms with E-state index < -0.39 is 6.10 Å². The molecular formula is C13H24N2O3. The van der Waals surface area contributed by atoms with Crippen LogP contribution >= 0.6 is 0 Å². The zero-order valence-corrected chi connectivity index (χ0v) is 11.3. The molecular weight excluding hydrogens is 232 g/mol. The van der Waals surface area contributed by atoms with Crippen LogP contribution < -0.4 is 5.32 Å². The molecule has 0 bridgehead atoms. The van der Waals surface area contributed by atoms with Gasteiger partial charge in [-0.1, -0.05) is 6.92 Å². The van der Waals surface area contributed by atoms with Gasteiger partial charge in [0.2, 0.25) is 5.91 Å². The highest BCUT2D eigenvalue weighted by atomic mass is 16.5. The predicted molar refractivity (Wildman–Crippen MR) is 68.2 cm³/mol. The summed E-state index contributed by atoms with van der Waals surface area (Å²) < 4.78 is 5.60. The second kappa shape index (κ2) is 5.99. The lowest BCUT2D eigenvalue weighted by molar-refractivity contribution is -0.120. The molecule has 0 aromatic carbocycles. The van der Waals surface area contributed by atoms with E-state index in [4.69, 9.17) is 4.74 Å². The highest BCUT2D eigenvalue weighted by Gasteiger charge is 2.37. The van der Waals surface area contributed by atoms with Crippen LogP contribution in [0.15, 0.2) is 0 Å². The molecule has 5 nitrogen and oxygen atoms in total. The van der Waals surface area contributed by atoms with Crippen molar-refractivity contribution in [3.05, 3.63) is 0 Å². The summed E-state index contributed by atoms with van der Waals surface area (Å²) in [5, 5.41) is 12.8. The molecule has 18 heavy (non-hydrogen) atoms. The van der Waals surface area contributed by atoms with Crippen LogP contribution in [0, 0.1) is 5.92 Å². The van der Waals surface area contributed by atoms with Crippen molar-refractivity contribution in [2.24, 2.45) is 5.92 Å². The van der Waals surface area contributed by atoms with Crippen molar-refractivity contribution in [2.75, 3.05) is 26.2 Å². The van der Waals surface area contributed by atoms with Crippen molar-refractivity contribution in [3.63, 3.8) is 0 Å². The van der Waals surface area contributed by atoms with E-state index in [1.165, 1.54) is 19.8 Å². The zero-order chi connectivity index (χ0) is 13.1. The van der Waals surface area contributed by atoms with Gasteiger partial charge in [0.05, 0.1) is 18.8 Å². The molecule has 1 amide bonds. The fraction of sp³-hybridized carbons (Fsp3) is 0.923. The van der Waals surface area contributed by atoms with Crippen LogP contribution in [0.4, 0.5) is 0 Å². The summed E-state index contributed by atoms with van der Waals surface area (Å²) in [5.41, 5.74) is 0. The van der Waals surface area contributed by atoms with Gasteiger partial charge in [0.25, 0.3) is 0 Å². The van der Waals surface area contributed by atoms with Gasteiger partial charge in [-0.05, 0) is 31.8 Å². The molecule has 0 aromatic rings. The van der Waals surface area contributed by atoms with Crippen molar-refractivity contribution in [1.29, 1.82) is 0 Å². The number of nitrogens with zero attached hydrogens (tertiary/aromatic N) is 1. The second-order valence-corrected chi connectivity index (χ2v) is 5.65. The zero-order valence-electron chi connectivity index (χ0n) is 11.3. The third-order valence-electron chi connectivity index (χ3n) is 3.99. The van der Waals surface area contributed by atoms with Crippen molar-refractivity contribution >= 4 is 5.91 Å². The lowest BCUT2D eigenvalue weighted by Crippen LogP contribution is -2.47. The first-order valence-electron chi connectivity index (χ1n) is 6.85. The van der Waals surface area contributed by atoms with E-state index in [0.717, 1.165) is 25.6 Å². The standard InChI is InChI=1S/C13H24N2O3/c1-9-3-5-15(6-4-9)7-12-13(17)11(8-18-12)14-10(2)16/h9,11-13,17H,3-8H2,1-2H3,(H,14,16)/t11-,12-,13+/m0/s1. The fourth-order valence-corrected chi connectivity index (χ4v) is 2.73. The number of amides is 1. The summed E-state index contributed by atoms with van der Waals surface area (Å²) in [4.78, 5) is 13.3. The van der Waals surface area contributed by atoms with Crippen molar-refractivity contribution in [2.45, 2.75) is 44.9 Å². The van der Waals surface area contributed by atoms with Gasteiger partial charge in [0.15, 0.2) is 0 Å². The minimum atomic E-state index is -0.590. The Morgan fingerprint density at radius 3 is 2.72 bits per heavy atom. The predicted octanol–water partition coefficient (Wildman–Crippen LogP) is -0.0173. The lowest BCUT2D eigenvalue weighted by Gasteiger charge is -2.32. The van der Waals surface area contributed by atoms with Crippen molar-refractivity contribution in [3.8, 4) is 0 Å². The Hall–Kier alpha value is -0.650. The van der Waals surface area contributed by atoms with E-state index in [2.05, 4.69) is 17.1 Å². The number of aliphatic hydroxyl groups excluding tert-OH is 1. The average molecular weight is 256 g/mol. The van der Waals surface area contributed by atoms with Gasteiger partial charge in [-0.2, -0.15) is 0 Å². The first kappa shape index (κ1) is 13.8. The van der Waals surface area contributed by atoms with Gasteiger partial charge in [-0.15, -0.1) is 0 Å². The van der Waals surface area contributed by atoms with Crippen LogP contribution in [-0.4, -0.2) is 60.4 Å². The molecule has 0 aliphatic carbocycles. The molecule has 0 saturated carbocycles. The molecule has 2 N–H and O–H groups in total. The first-order chi connectivity index (χ1) is 8.56.